The average Bonchev–Trinajstić information content (AvgIpc) is 2.42. The van der Waals surface area contributed by atoms with Gasteiger partial charge in [0.1, 0.15) is 0 Å². The number of aryl methyl sites for hydroxylation is 1. The number of anilines is 2. The third-order valence-corrected chi connectivity index (χ3v) is 3.94. The zero-order valence-corrected chi connectivity index (χ0v) is 14.1. The lowest BCUT2D eigenvalue weighted by Crippen LogP contribution is -2.14. The molecule has 0 aromatic heterocycles. The summed E-state index contributed by atoms with van der Waals surface area (Å²) in [5.74, 6) is 5.07. The van der Waals surface area contributed by atoms with Crippen LogP contribution in [0.15, 0.2) is 34.8 Å². The first-order chi connectivity index (χ1) is 9.92. The molecule has 2 rings (SSSR count). The molecule has 21 heavy (non-hydrogen) atoms. The second-order valence-electron chi connectivity index (χ2n) is 4.37. The molecule has 0 spiro atoms. The van der Waals surface area contributed by atoms with Crippen molar-refractivity contribution < 1.29 is 4.79 Å². The van der Waals surface area contributed by atoms with E-state index in [4.69, 9.17) is 29.0 Å². The highest BCUT2D eigenvalue weighted by Crippen LogP contribution is 2.34. The van der Waals surface area contributed by atoms with Crippen LogP contribution in [0.1, 0.15) is 15.9 Å². The van der Waals surface area contributed by atoms with Crippen LogP contribution in [0.3, 0.4) is 0 Å². The first-order valence-corrected chi connectivity index (χ1v) is 7.50. The van der Waals surface area contributed by atoms with E-state index in [1.165, 1.54) is 0 Å². The van der Waals surface area contributed by atoms with Crippen molar-refractivity contribution in [2.24, 2.45) is 5.84 Å². The summed E-state index contributed by atoms with van der Waals surface area (Å²) < 4.78 is 0.740. The average molecular weight is 389 g/mol. The Bertz CT molecular complexity index is 684. The molecule has 4 N–H and O–H groups in total. The summed E-state index contributed by atoms with van der Waals surface area (Å²) in [5, 5.41) is 3.43. The standard InChI is InChI=1S/C14H12BrCl2N3O/c1-7-4-8(2-3-12(7)20-18)14(21)19-13-10(16)5-9(15)6-11(13)17/h2-6,20H,18H2,1H3,(H,19,21). The van der Waals surface area contributed by atoms with Crippen molar-refractivity contribution in [1.82, 2.24) is 0 Å². The number of nitrogen functional groups attached to an aromatic ring is 1. The lowest BCUT2D eigenvalue weighted by molar-refractivity contribution is 0.102. The van der Waals surface area contributed by atoms with Gasteiger partial charge >= 0.3 is 0 Å². The molecular weight excluding hydrogens is 377 g/mol. The molecule has 1 amide bonds. The van der Waals surface area contributed by atoms with Crippen molar-refractivity contribution in [1.29, 1.82) is 0 Å². The molecule has 0 radical (unpaired) electrons. The number of hydrogen-bond acceptors (Lipinski definition) is 3. The fourth-order valence-corrected chi connectivity index (χ4v) is 3.12. The number of carbonyl (C=O) groups is 1. The molecule has 0 heterocycles. The van der Waals surface area contributed by atoms with E-state index in [1.54, 1.807) is 30.3 Å². The Morgan fingerprint density at radius 2 is 1.81 bits per heavy atom. The summed E-state index contributed by atoms with van der Waals surface area (Å²) in [5.41, 5.74) is 5.04. The number of amides is 1. The van der Waals surface area contributed by atoms with E-state index >= 15 is 0 Å². The van der Waals surface area contributed by atoms with Crippen molar-refractivity contribution in [3.63, 3.8) is 0 Å². The largest absolute Gasteiger partial charge is 0.324 e. The molecule has 0 aliphatic carbocycles. The number of halogens is 3. The molecule has 0 aliphatic rings. The van der Waals surface area contributed by atoms with E-state index in [-0.39, 0.29) is 5.91 Å². The van der Waals surface area contributed by atoms with Gasteiger partial charge < -0.3 is 10.7 Å². The number of rotatable bonds is 3. The van der Waals surface area contributed by atoms with Crippen LogP contribution >= 0.6 is 39.1 Å². The van der Waals surface area contributed by atoms with Crippen LogP contribution in [0.2, 0.25) is 10.0 Å². The summed E-state index contributed by atoms with van der Waals surface area (Å²) in [6.45, 7) is 1.85. The SMILES string of the molecule is Cc1cc(C(=O)Nc2c(Cl)cc(Br)cc2Cl)ccc1NN. The molecule has 0 unspecified atom stereocenters. The van der Waals surface area contributed by atoms with Crippen molar-refractivity contribution in [2.75, 3.05) is 10.7 Å². The van der Waals surface area contributed by atoms with Crippen LogP contribution in [0.4, 0.5) is 11.4 Å². The number of benzene rings is 2. The van der Waals surface area contributed by atoms with Crippen molar-refractivity contribution in [2.45, 2.75) is 6.92 Å². The van der Waals surface area contributed by atoms with E-state index in [1.807, 2.05) is 6.92 Å². The molecular formula is C14H12BrCl2N3O. The second kappa shape index (κ2) is 6.66. The maximum absolute atomic E-state index is 12.3. The highest BCUT2D eigenvalue weighted by atomic mass is 79.9. The fraction of sp³-hybridized carbons (Fsp3) is 0.0714. The van der Waals surface area contributed by atoms with Crippen molar-refractivity contribution >= 4 is 56.4 Å². The van der Waals surface area contributed by atoms with Gasteiger partial charge in [-0.25, -0.2) is 0 Å². The van der Waals surface area contributed by atoms with E-state index < -0.39 is 0 Å². The quantitative estimate of drug-likeness (QED) is 0.531. The Morgan fingerprint density at radius 1 is 1.19 bits per heavy atom. The maximum Gasteiger partial charge on any atom is 0.255 e. The van der Waals surface area contributed by atoms with E-state index in [9.17, 15) is 4.79 Å². The van der Waals surface area contributed by atoms with Crippen molar-refractivity contribution in [3.8, 4) is 0 Å². The fourth-order valence-electron chi connectivity index (χ4n) is 1.81. The molecule has 7 heteroatoms. The number of hydrazine groups is 1. The van der Waals surface area contributed by atoms with E-state index in [2.05, 4.69) is 26.7 Å². The predicted octanol–water partition coefficient (Wildman–Crippen LogP) is 4.60. The highest BCUT2D eigenvalue weighted by molar-refractivity contribution is 9.10. The van der Waals surface area contributed by atoms with Crippen LogP contribution in [0.25, 0.3) is 0 Å². The molecule has 0 atom stereocenters. The number of hydrogen-bond donors (Lipinski definition) is 3. The lowest BCUT2D eigenvalue weighted by Gasteiger charge is -2.11. The molecule has 0 saturated heterocycles. The van der Waals surface area contributed by atoms with Crippen LogP contribution in [-0.2, 0) is 0 Å². The molecule has 0 saturated carbocycles. The van der Waals surface area contributed by atoms with Gasteiger partial charge in [-0.15, -0.1) is 0 Å². The first kappa shape index (κ1) is 16.1. The molecule has 0 aliphatic heterocycles. The topological polar surface area (TPSA) is 67.2 Å². The minimum absolute atomic E-state index is 0.298. The van der Waals surface area contributed by atoms with Gasteiger partial charge in [0.25, 0.3) is 5.91 Å². The number of nitrogens with one attached hydrogen (secondary N) is 2. The summed E-state index contributed by atoms with van der Waals surface area (Å²) in [6.07, 6.45) is 0. The zero-order valence-electron chi connectivity index (χ0n) is 11.0. The Morgan fingerprint density at radius 3 is 2.33 bits per heavy atom. The third-order valence-electron chi connectivity index (χ3n) is 2.89. The van der Waals surface area contributed by atoms with Crippen LogP contribution in [-0.4, -0.2) is 5.91 Å². The number of nitrogens with two attached hydrogens (primary N) is 1. The normalized spacial score (nSPS) is 10.3. The summed E-state index contributed by atoms with van der Waals surface area (Å²) in [6, 6.07) is 8.45. The predicted molar refractivity (Wildman–Crippen MR) is 91.1 cm³/mol. The van der Waals surface area contributed by atoms with Gasteiger partial charge in [0.2, 0.25) is 0 Å². The van der Waals surface area contributed by atoms with Crippen LogP contribution < -0.4 is 16.6 Å². The van der Waals surface area contributed by atoms with Crippen LogP contribution in [0.5, 0.6) is 0 Å². The molecule has 2 aromatic rings. The van der Waals surface area contributed by atoms with Gasteiger partial charge in [0.05, 0.1) is 21.4 Å². The second-order valence-corrected chi connectivity index (χ2v) is 6.10. The molecule has 4 nitrogen and oxygen atoms in total. The minimum Gasteiger partial charge on any atom is -0.324 e. The third kappa shape index (κ3) is 3.68. The zero-order chi connectivity index (χ0) is 15.6. The lowest BCUT2D eigenvalue weighted by atomic mass is 10.1. The van der Waals surface area contributed by atoms with Gasteiger partial charge in [-0.05, 0) is 42.8 Å². The van der Waals surface area contributed by atoms with Gasteiger partial charge in [-0.1, -0.05) is 39.1 Å². The Labute approximate surface area is 140 Å². The smallest absolute Gasteiger partial charge is 0.255 e. The van der Waals surface area contributed by atoms with Gasteiger partial charge in [0, 0.05) is 10.0 Å². The summed E-state index contributed by atoms with van der Waals surface area (Å²) >= 11 is 15.5. The number of carbonyl (C=O) groups excluding carboxylic acids is 1. The van der Waals surface area contributed by atoms with Gasteiger partial charge in [0.15, 0.2) is 0 Å². The maximum atomic E-state index is 12.3. The van der Waals surface area contributed by atoms with Crippen LogP contribution in [0, 0.1) is 6.92 Å². The van der Waals surface area contributed by atoms with E-state index in [0.29, 0.717) is 21.3 Å². The summed E-state index contributed by atoms with van der Waals surface area (Å²) in [4.78, 5) is 12.3. The molecule has 0 bridgehead atoms. The van der Waals surface area contributed by atoms with Crippen molar-refractivity contribution in [3.05, 3.63) is 56.0 Å². The van der Waals surface area contributed by atoms with Gasteiger partial charge in [-0.2, -0.15) is 0 Å². The first-order valence-electron chi connectivity index (χ1n) is 5.95. The Kier molecular flexibility index (Phi) is 5.11. The monoisotopic (exact) mass is 387 g/mol. The highest BCUT2D eigenvalue weighted by Gasteiger charge is 2.13. The Balaban J connectivity index is 2.28. The Hall–Kier alpha value is -1.27. The van der Waals surface area contributed by atoms with E-state index in [0.717, 1.165) is 15.7 Å². The van der Waals surface area contributed by atoms with Gasteiger partial charge in [-0.3, -0.25) is 10.6 Å². The molecule has 2 aromatic carbocycles. The minimum atomic E-state index is -0.298. The summed E-state index contributed by atoms with van der Waals surface area (Å²) in [7, 11) is 0. The molecule has 0 fully saturated rings. The molecule has 110 valence electrons.